The van der Waals surface area contributed by atoms with Crippen LogP contribution in [-0.4, -0.2) is 82.7 Å². The third-order valence-electron chi connectivity index (χ3n) is 1.98. The molecule has 0 fully saturated rings. The molecule has 0 aliphatic carbocycles. The first-order valence-electron chi connectivity index (χ1n) is 5.25. The molecule has 112 valence electrons. The maximum atomic E-state index is 12.2. The van der Waals surface area contributed by atoms with Crippen molar-refractivity contribution < 1.29 is 38.1 Å². The van der Waals surface area contributed by atoms with Crippen molar-refractivity contribution in [2.75, 3.05) is 39.4 Å². The molecule has 0 aromatic carbocycles. The van der Waals surface area contributed by atoms with E-state index in [0.717, 1.165) is 4.90 Å². The van der Waals surface area contributed by atoms with E-state index in [2.05, 4.69) is 0 Å². The van der Waals surface area contributed by atoms with Crippen LogP contribution in [0.25, 0.3) is 0 Å². The molecule has 3 N–H and O–H groups in total. The van der Waals surface area contributed by atoms with Crippen LogP contribution in [0.15, 0.2) is 0 Å². The van der Waals surface area contributed by atoms with Gasteiger partial charge in [-0.15, -0.1) is 0 Å². The van der Waals surface area contributed by atoms with Crippen molar-refractivity contribution in [1.29, 1.82) is 0 Å². The van der Waals surface area contributed by atoms with Gasteiger partial charge in [-0.1, -0.05) is 0 Å². The maximum absolute atomic E-state index is 12.2. The summed E-state index contributed by atoms with van der Waals surface area (Å²) in [6.07, 6.45) is -4.74. The van der Waals surface area contributed by atoms with Crippen molar-refractivity contribution in [2.24, 2.45) is 0 Å². The summed E-state index contributed by atoms with van der Waals surface area (Å²) >= 11 is 0. The molecular formula is C9H15F3N2O5. The Kier molecular flexibility index (Phi) is 7.16. The first kappa shape index (κ1) is 17.4. The molecule has 0 rings (SSSR count). The second-order valence-electron chi connectivity index (χ2n) is 3.58. The van der Waals surface area contributed by atoms with E-state index in [1.54, 1.807) is 0 Å². The Labute approximate surface area is 106 Å². The highest BCUT2D eigenvalue weighted by atomic mass is 19.4. The van der Waals surface area contributed by atoms with E-state index in [9.17, 15) is 22.8 Å². The van der Waals surface area contributed by atoms with Crippen molar-refractivity contribution in [1.82, 2.24) is 9.80 Å². The SMILES string of the molecule is O=C(O)CN(CC(F)(F)F)C(=O)N(CCO)CCO. The lowest BCUT2D eigenvalue weighted by Crippen LogP contribution is -2.50. The molecule has 0 radical (unpaired) electrons. The molecule has 0 aliphatic rings. The summed E-state index contributed by atoms with van der Waals surface area (Å²) in [6.45, 7) is -4.46. The molecule has 0 unspecified atom stereocenters. The number of amides is 2. The van der Waals surface area contributed by atoms with Crippen molar-refractivity contribution >= 4 is 12.0 Å². The zero-order valence-corrected chi connectivity index (χ0v) is 9.93. The number of hydrogen-bond acceptors (Lipinski definition) is 4. The lowest BCUT2D eigenvalue weighted by atomic mass is 10.4. The Morgan fingerprint density at radius 3 is 1.79 bits per heavy atom. The van der Waals surface area contributed by atoms with Crippen LogP contribution in [-0.2, 0) is 4.79 Å². The number of carbonyl (C=O) groups excluding carboxylic acids is 1. The lowest BCUT2D eigenvalue weighted by Gasteiger charge is -2.29. The molecule has 0 spiro atoms. The van der Waals surface area contributed by atoms with Gasteiger partial charge in [0.05, 0.1) is 13.2 Å². The molecule has 2 amide bonds. The minimum Gasteiger partial charge on any atom is -0.480 e. The van der Waals surface area contributed by atoms with E-state index in [4.69, 9.17) is 15.3 Å². The van der Waals surface area contributed by atoms with Crippen LogP contribution in [0.5, 0.6) is 0 Å². The number of carbonyl (C=O) groups is 2. The molecule has 0 heterocycles. The summed E-state index contributed by atoms with van der Waals surface area (Å²) in [5.74, 6) is -1.59. The molecule has 0 saturated heterocycles. The number of aliphatic hydroxyl groups excluding tert-OH is 2. The average Bonchev–Trinajstić information content (AvgIpc) is 2.24. The third-order valence-corrected chi connectivity index (χ3v) is 1.98. The summed E-state index contributed by atoms with van der Waals surface area (Å²) < 4.78 is 36.7. The highest BCUT2D eigenvalue weighted by molar-refractivity contribution is 5.80. The summed E-state index contributed by atoms with van der Waals surface area (Å²) in [5.41, 5.74) is 0. The quantitative estimate of drug-likeness (QED) is 0.577. The van der Waals surface area contributed by atoms with Gasteiger partial charge < -0.3 is 25.1 Å². The Bertz CT molecular complexity index is 305. The summed E-state index contributed by atoms with van der Waals surface area (Å²) in [6, 6.07) is -1.21. The Morgan fingerprint density at radius 1 is 1.00 bits per heavy atom. The van der Waals surface area contributed by atoms with Gasteiger partial charge in [0.2, 0.25) is 0 Å². The molecule has 0 bridgehead atoms. The molecule has 7 nitrogen and oxygen atoms in total. The monoisotopic (exact) mass is 288 g/mol. The maximum Gasteiger partial charge on any atom is 0.406 e. The minimum atomic E-state index is -4.74. The molecule has 19 heavy (non-hydrogen) atoms. The van der Waals surface area contributed by atoms with Crippen molar-refractivity contribution in [3.8, 4) is 0 Å². The zero-order valence-electron chi connectivity index (χ0n) is 9.93. The van der Waals surface area contributed by atoms with E-state index in [1.165, 1.54) is 0 Å². The van der Waals surface area contributed by atoms with Gasteiger partial charge in [-0.3, -0.25) is 4.79 Å². The van der Waals surface area contributed by atoms with Crippen LogP contribution < -0.4 is 0 Å². The predicted molar refractivity (Wildman–Crippen MR) is 56.4 cm³/mol. The van der Waals surface area contributed by atoms with Gasteiger partial charge in [0.15, 0.2) is 0 Å². The molecule has 0 saturated carbocycles. The fourth-order valence-corrected chi connectivity index (χ4v) is 1.32. The fourth-order valence-electron chi connectivity index (χ4n) is 1.32. The molecule has 0 aromatic heterocycles. The first-order valence-corrected chi connectivity index (χ1v) is 5.25. The van der Waals surface area contributed by atoms with Gasteiger partial charge in [0.1, 0.15) is 13.1 Å². The second kappa shape index (κ2) is 7.79. The number of carboxylic acids is 1. The minimum absolute atomic E-state index is 0.0909. The summed E-state index contributed by atoms with van der Waals surface area (Å²) in [7, 11) is 0. The largest absolute Gasteiger partial charge is 0.480 e. The number of aliphatic hydroxyl groups is 2. The number of halogens is 3. The highest BCUT2D eigenvalue weighted by Crippen LogP contribution is 2.17. The summed E-state index contributed by atoms with van der Waals surface area (Å²) in [5, 5.41) is 25.8. The number of rotatable bonds is 7. The smallest absolute Gasteiger partial charge is 0.406 e. The number of urea groups is 1. The predicted octanol–water partition coefficient (Wildman–Crippen LogP) is -0.658. The highest BCUT2D eigenvalue weighted by Gasteiger charge is 2.35. The van der Waals surface area contributed by atoms with E-state index in [1.807, 2.05) is 0 Å². The molecule has 10 heteroatoms. The number of carboxylic acid groups (broad SMARTS) is 1. The van der Waals surface area contributed by atoms with Crippen LogP contribution in [0, 0.1) is 0 Å². The normalized spacial score (nSPS) is 11.2. The van der Waals surface area contributed by atoms with Crippen molar-refractivity contribution in [3.05, 3.63) is 0 Å². The molecule has 0 atom stereocenters. The topological polar surface area (TPSA) is 101 Å². The number of nitrogens with zero attached hydrogens (tertiary/aromatic N) is 2. The zero-order chi connectivity index (χ0) is 15.1. The Morgan fingerprint density at radius 2 is 1.47 bits per heavy atom. The van der Waals surface area contributed by atoms with Gasteiger partial charge in [-0.25, -0.2) is 4.79 Å². The van der Waals surface area contributed by atoms with Crippen molar-refractivity contribution in [3.63, 3.8) is 0 Å². The standard InChI is InChI=1S/C9H15F3N2O5/c10-9(11,12)6-14(5-7(17)18)8(19)13(1-3-15)2-4-16/h15-16H,1-6H2,(H,17,18). The van der Waals surface area contributed by atoms with Gasteiger partial charge in [0.25, 0.3) is 0 Å². The molecular weight excluding hydrogens is 273 g/mol. The van der Waals surface area contributed by atoms with E-state index >= 15 is 0 Å². The van der Waals surface area contributed by atoms with Crippen LogP contribution in [0.3, 0.4) is 0 Å². The first-order chi connectivity index (χ1) is 8.71. The Balaban J connectivity index is 4.89. The van der Waals surface area contributed by atoms with E-state index in [-0.39, 0.29) is 18.0 Å². The van der Waals surface area contributed by atoms with Crippen LogP contribution in [0.4, 0.5) is 18.0 Å². The van der Waals surface area contributed by atoms with Gasteiger partial charge >= 0.3 is 18.2 Å². The second-order valence-corrected chi connectivity index (χ2v) is 3.58. The number of aliphatic carboxylic acids is 1. The van der Waals surface area contributed by atoms with E-state index in [0.29, 0.717) is 0 Å². The van der Waals surface area contributed by atoms with E-state index < -0.39 is 44.5 Å². The van der Waals surface area contributed by atoms with Gasteiger partial charge in [-0.2, -0.15) is 13.2 Å². The molecule has 0 aliphatic heterocycles. The lowest BCUT2D eigenvalue weighted by molar-refractivity contribution is -0.149. The Hall–Kier alpha value is -1.55. The molecule has 0 aromatic rings. The number of alkyl halides is 3. The number of hydrogen-bond donors (Lipinski definition) is 3. The van der Waals surface area contributed by atoms with Gasteiger partial charge in [-0.05, 0) is 0 Å². The third kappa shape index (κ3) is 7.47. The average molecular weight is 288 g/mol. The van der Waals surface area contributed by atoms with Crippen molar-refractivity contribution in [2.45, 2.75) is 6.18 Å². The summed E-state index contributed by atoms with van der Waals surface area (Å²) in [4.78, 5) is 23.0. The van der Waals surface area contributed by atoms with Crippen LogP contribution in [0.2, 0.25) is 0 Å². The van der Waals surface area contributed by atoms with Crippen LogP contribution in [0.1, 0.15) is 0 Å². The van der Waals surface area contributed by atoms with Gasteiger partial charge in [0, 0.05) is 13.1 Å². The van der Waals surface area contributed by atoms with Crippen LogP contribution >= 0.6 is 0 Å². The fraction of sp³-hybridized carbons (Fsp3) is 0.778.